The van der Waals surface area contributed by atoms with Gasteiger partial charge in [-0.1, -0.05) is 23.7 Å². The van der Waals surface area contributed by atoms with Crippen molar-refractivity contribution in [1.29, 1.82) is 0 Å². The molecular formula is C16H25ClN2O. The minimum atomic E-state index is -0.0942. The van der Waals surface area contributed by atoms with Gasteiger partial charge in [-0.3, -0.25) is 0 Å². The molecule has 1 aliphatic heterocycles. The molecule has 4 heteroatoms. The minimum Gasteiger partial charge on any atom is -0.377 e. The molecule has 0 aromatic heterocycles. The molecule has 0 spiro atoms. The van der Waals surface area contributed by atoms with Gasteiger partial charge < -0.3 is 15.4 Å². The van der Waals surface area contributed by atoms with Crippen LogP contribution < -0.4 is 10.6 Å². The number of rotatable bonds is 4. The number of anilines is 1. The Morgan fingerprint density at radius 2 is 2.25 bits per heavy atom. The quantitative estimate of drug-likeness (QED) is 0.927. The van der Waals surface area contributed by atoms with Crippen LogP contribution in [-0.2, 0) is 11.2 Å². The molecule has 2 unspecified atom stereocenters. The van der Waals surface area contributed by atoms with E-state index in [9.17, 15) is 0 Å². The molecule has 20 heavy (non-hydrogen) atoms. The van der Waals surface area contributed by atoms with E-state index < -0.39 is 0 Å². The number of piperidine rings is 1. The third-order valence-electron chi connectivity index (χ3n) is 4.08. The molecule has 0 radical (unpaired) electrons. The lowest BCUT2D eigenvalue weighted by Crippen LogP contribution is -2.48. The van der Waals surface area contributed by atoms with E-state index in [1.165, 1.54) is 5.56 Å². The van der Waals surface area contributed by atoms with E-state index >= 15 is 0 Å². The SMILES string of the molecule is COC1(C)CCCN(c2c(Cl)cccc2CC(C)N)C1. The summed E-state index contributed by atoms with van der Waals surface area (Å²) in [5.41, 5.74) is 8.24. The molecule has 1 aromatic carbocycles. The molecule has 1 aromatic rings. The molecule has 1 heterocycles. The summed E-state index contributed by atoms with van der Waals surface area (Å²) in [5.74, 6) is 0. The lowest BCUT2D eigenvalue weighted by Gasteiger charge is -2.41. The lowest BCUT2D eigenvalue weighted by molar-refractivity contribution is -0.00467. The van der Waals surface area contributed by atoms with Gasteiger partial charge in [0, 0.05) is 26.2 Å². The third-order valence-corrected chi connectivity index (χ3v) is 4.39. The number of hydrogen-bond acceptors (Lipinski definition) is 3. The molecule has 3 nitrogen and oxygen atoms in total. The second-order valence-corrected chi connectivity index (χ2v) is 6.52. The molecular weight excluding hydrogens is 272 g/mol. The minimum absolute atomic E-state index is 0.0942. The third kappa shape index (κ3) is 3.46. The second-order valence-electron chi connectivity index (χ2n) is 6.11. The standard InChI is InChI=1S/C16H25ClN2O/c1-12(18)10-13-6-4-7-14(17)15(13)19-9-5-8-16(2,11-19)20-3/h4,6-7,12H,5,8-11,18H2,1-3H3. The van der Waals surface area contributed by atoms with Crippen molar-refractivity contribution in [3.05, 3.63) is 28.8 Å². The van der Waals surface area contributed by atoms with Crippen molar-refractivity contribution in [1.82, 2.24) is 0 Å². The van der Waals surface area contributed by atoms with Crippen LogP contribution in [-0.4, -0.2) is 31.8 Å². The summed E-state index contributed by atoms with van der Waals surface area (Å²) in [6.07, 6.45) is 3.05. The van der Waals surface area contributed by atoms with Crippen molar-refractivity contribution < 1.29 is 4.74 Å². The van der Waals surface area contributed by atoms with Crippen LogP contribution in [0.1, 0.15) is 32.3 Å². The molecule has 0 aliphatic carbocycles. The van der Waals surface area contributed by atoms with Gasteiger partial charge in [-0.05, 0) is 44.7 Å². The van der Waals surface area contributed by atoms with Gasteiger partial charge in [0.15, 0.2) is 0 Å². The smallest absolute Gasteiger partial charge is 0.0825 e. The molecule has 1 fully saturated rings. The van der Waals surface area contributed by atoms with Gasteiger partial charge in [0.1, 0.15) is 0 Å². The first kappa shape index (κ1) is 15.6. The highest BCUT2D eigenvalue weighted by Gasteiger charge is 2.32. The Kier molecular flexibility index (Phi) is 4.95. The number of methoxy groups -OCH3 is 1. The monoisotopic (exact) mass is 296 g/mol. The highest BCUT2D eigenvalue weighted by molar-refractivity contribution is 6.33. The van der Waals surface area contributed by atoms with Crippen LogP contribution in [0, 0.1) is 0 Å². The van der Waals surface area contributed by atoms with Crippen LogP contribution in [0.25, 0.3) is 0 Å². The molecule has 2 rings (SSSR count). The zero-order chi connectivity index (χ0) is 14.8. The van der Waals surface area contributed by atoms with Gasteiger partial charge in [-0.25, -0.2) is 0 Å². The van der Waals surface area contributed by atoms with Crippen molar-refractivity contribution in [2.24, 2.45) is 5.73 Å². The molecule has 2 atom stereocenters. The van der Waals surface area contributed by atoms with Crippen LogP contribution in [0.3, 0.4) is 0 Å². The number of nitrogens with two attached hydrogens (primary N) is 1. The number of hydrogen-bond donors (Lipinski definition) is 1. The van der Waals surface area contributed by atoms with Crippen LogP contribution in [0.4, 0.5) is 5.69 Å². The summed E-state index contributed by atoms with van der Waals surface area (Å²) in [7, 11) is 1.79. The Bertz CT molecular complexity index is 464. The van der Waals surface area contributed by atoms with E-state index in [2.05, 4.69) is 17.9 Å². The molecule has 112 valence electrons. The van der Waals surface area contributed by atoms with Gasteiger partial charge in [0.2, 0.25) is 0 Å². The van der Waals surface area contributed by atoms with E-state index in [0.717, 1.165) is 43.1 Å². The Balaban J connectivity index is 2.31. The highest BCUT2D eigenvalue weighted by atomic mass is 35.5. The lowest BCUT2D eigenvalue weighted by atomic mass is 9.93. The van der Waals surface area contributed by atoms with Crippen molar-refractivity contribution in [2.75, 3.05) is 25.1 Å². The molecule has 0 bridgehead atoms. The zero-order valence-electron chi connectivity index (χ0n) is 12.7. The van der Waals surface area contributed by atoms with E-state index in [1.54, 1.807) is 7.11 Å². The van der Waals surface area contributed by atoms with Gasteiger partial charge in [-0.2, -0.15) is 0 Å². The number of para-hydroxylation sites is 1. The maximum absolute atomic E-state index is 6.46. The summed E-state index contributed by atoms with van der Waals surface area (Å²) in [4.78, 5) is 2.35. The van der Waals surface area contributed by atoms with Gasteiger partial charge in [-0.15, -0.1) is 0 Å². The largest absolute Gasteiger partial charge is 0.377 e. The summed E-state index contributed by atoms with van der Waals surface area (Å²) in [6, 6.07) is 6.22. The fourth-order valence-electron chi connectivity index (χ4n) is 2.99. The van der Waals surface area contributed by atoms with Crippen molar-refractivity contribution >= 4 is 17.3 Å². The van der Waals surface area contributed by atoms with E-state index in [4.69, 9.17) is 22.1 Å². The van der Waals surface area contributed by atoms with Crippen LogP contribution in [0.5, 0.6) is 0 Å². The number of ether oxygens (including phenoxy) is 1. The van der Waals surface area contributed by atoms with Crippen molar-refractivity contribution in [3.63, 3.8) is 0 Å². The average molecular weight is 297 g/mol. The van der Waals surface area contributed by atoms with Gasteiger partial charge in [0.25, 0.3) is 0 Å². The normalized spacial score (nSPS) is 24.8. The summed E-state index contributed by atoms with van der Waals surface area (Å²) in [6.45, 7) is 6.09. The first-order valence-corrected chi connectivity index (χ1v) is 7.66. The maximum Gasteiger partial charge on any atom is 0.0825 e. The highest BCUT2D eigenvalue weighted by Crippen LogP contribution is 2.35. The van der Waals surface area contributed by atoms with E-state index in [1.807, 2.05) is 19.1 Å². The Morgan fingerprint density at radius 3 is 2.90 bits per heavy atom. The predicted molar refractivity (Wildman–Crippen MR) is 85.7 cm³/mol. The maximum atomic E-state index is 6.46. The Hall–Kier alpha value is -0.770. The Labute approximate surface area is 127 Å². The van der Waals surface area contributed by atoms with Gasteiger partial charge >= 0.3 is 0 Å². The number of halogens is 1. The second kappa shape index (κ2) is 6.33. The number of benzene rings is 1. The predicted octanol–water partition coefficient (Wildman–Crippen LogP) is 3.24. The molecule has 1 saturated heterocycles. The first-order chi connectivity index (χ1) is 9.45. The molecule has 0 amide bonds. The fraction of sp³-hybridized carbons (Fsp3) is 0.625. The van der Waals surface area contributed by atoms with Crippen LogP contribution >= 0.6 is 11.6 Å². The fourth-order valence-corrected chi connectivity index (χ4v) is 3.30. The topological polar surface area (TPSA) is 38.5 Å². The first-order valence-electron chi connectivity index (χ1n) is 7.28. The molecule has 0 saturated carbocycles. The Morgan fingerprint density at radius 1 is 1.50 bits per heavy atom. The van der Waals surface area contributed by atoms with Crippen molar-refractivity contribution in [3.8, 4) is 0 Å². The van der Waals surface area contributed by atoms with E-state index in [0.29, 0.717) is 0 Å². The number of nitrogens with zero attached hydrogens (tertiary/aromatic N) is 1. The van der Waals surface area contributed by atoms with Crippen LogP contribution in [0.15, 0.2) is 18.2 Å². The van der Waals surface area contributed by atoms with Crippen molar-refractivity contribution in [2.45, 2.75) is 44.8 Å². The van der Waals surface area contributed by atoms with Crippen LogP contribution in [0.2, 0.25) is 5.02 Å². The zero-order valence-corrected chi connectivity index (χ0v) is 13.4. The summed E-state index contributed by atoms with van der Waals surface area (Å²) >= 11 is 6.46. The average Bonchev–Trinajstić information content (AvgIpc) is 2.38. The summed E-state index contributed by atoms with van der Waals surface area (Å²) in [5, 5.41) is 0.809. The van der Waals surface area contributed by atoms with E-state index in [-0.39, 0.29) is 11.6 Å². The summed E-state index contributed by atoms with van der Waals surface area (Å²) < 4.78 is 5.68. The molecule has 1 aliphatic rings. The van der Waals surface area contributed by atoms with Gasteiger partial charge in [0.05, 0.1) is 16.3 Å². The molecule has 2 N–H and O–H groups in total.